The maximum atomic E-state index is 13.1. The topological polar surface area (TPSA) is 68.1 Å². The molecule has 1 aliphatic heterocycles. The fourth-order valence-electron chi connectivity index (χ4n) is 3.26. The zero-order chi connectivity index (χ0) is 19.4. The van der Waals surface area contributed by atoms with Crippen molar-refractivity contribution in [1.82, 2.24) is 4.90 Å². The molecule has 2 aromatic carbocycles. The molecule has 2 aromatic rings. The highest BCUT2D eigenvalue weighted by Crippen LogP contribution is 2.35. The van der Waals surface area contributed by atoms with Crippen molar-refractivity contribution in [3.63, 3.8) is 0 Å². The van der Waals surface area contributed by atoms with E-state index in [2.05, 4.69) is 9.80 Å². The lowest BCUT2D eigenvalue weighted by Crippen LogP contribution is -2.46. The number of hydrogen-bond donors (Lipinski definition) is 0. The average molecular weight is 375 g/mol. The third-order valence-corrected chi connectivity index (χ3v) is 4.74. The number of piperazine rings is 1. The number of anilines is 1. The number of rotatable bonds is 6. The molecule has 0 aliphatic carbocycles. The van der Waals surface area contributed by atoms with E-state index >= 15 is 0 Å². The van der Waals surface area contributed by atoms with E-state index < -0.39 is 4.92 Å². The summed E-state index contributed by atoms with van der Waals surface area (Å²) in [7, 11) is 2.96. The molecule has 0 unspecified atom stereocenters. The van der Waals surface area contributed by atoms with E-state index in [1.54, 1.807) is 18.2 Å². The summed E-state index contributed by atoms with van der Waals surface area (Å²) in [5.74, 6) is 0.565. The van der Waals surface area contributed by atoms with Gasteiger partial charge >= 0.3 is 0 Å². The number of hydrogen-bond acceptors (Lipinski definition) is 6. The van der Waals surface area contributed by atoms with Gasteiger partial charge in [0.2, 0.25) is 0 Å². The Labute approximate surface area is 157 Å². The Morgan fingerprint density at radius 1 is 1.04 bits per heavy atom. The molecule has 0 aromatic heterocycles. The van der Waals surface area contributed by atoms with Crippen molar-refractivity contribution in [2.24, 2.45) is 0 Å². The molecule has 3 rings (SSSR count). The van der Waals surface area contributed by atoms with E-state index in [0.29, 0.717) is 23.6 Å². The van der Waals surface area contributed by atoms with Crippen molar-refractivity contribution < 1.29 is 18.8 Å². The molecule has 1 heterocycles. The van der Waals surface area contributed by atoms with E-state index in [1.165, 1.54) is 32.4 Å². The van der Waals surface area contributed by atoms with Crippen molar-refractivity contribution >= 4 is 11.4 Å². The van der Waals surface area contributed by atoms with Crippen LogP contribution in [0, 0.1) is 15.9 Å². The zero-order valence-corrected chi connectivity index (χ0v) is 15.4. The minimum Gasteiger partial charge on any atom is -0.493 e. The van der Waals surface area contributed by atoms with Crippen LogP contribution in [0.2, 0.25) is 0 Å². The molecule has 27 heavy (non-hydrogen) atoms. The normalized spacial score (nSPS) is 14.9. The Morgan fingerprint density at radius 2 is 1.63 bits per heavy atom. The van der Waals surface area contributed by atoms with Gasteiger partial charge in [-0.05, 0) is 30.3 Å². The highest BCUT2D eigenvalue weighted by Gasteiger charge is 2.23. The molecule has 1 saturated heterocycles. The molecule has 0 atom stereocenters. The summed E-state index contributed by atoms with van der Waals surface area (Å²) in [6.45, 7) is 3.50. The fraction of sp³-hybridized carbons (Fsp3) is 0.368. The Bertz CT molecular complexity index is 805. The average Bonchev–Trinajstić information content (AvgIpc) is 2.68. The second kappa shape index (κ2) is 8.22. The van der Waals surface area contributed by atoms with Crippen LogP contribution in [-0.4, -0.2) is 50.2 Å². The lowest BCUT2D eigenvalue weighted by molar-refractivity contribution is -0.385. The number of benzene rings is 2. The van der Waals surface area contributed by atoms with Gasteiger partial charge in [0, 0.05) is 44.0 Å². The van der Waals surface area contributed by atoms with Crippen molar-refractivity contribution in [3.05, 3.63) is 57.9 Å². The van der Waals surface area contributed by atoms with Gasteiger partial charge in [-0.15, -0.1) is 0 Å². The predicted molar refractivity (Wildman–Crippen MR) is 100 cm³/mol. The van der Waals surface area contributed by atoms with Gasteiger partial charge in [0.05, 0.1) is 25.2 Å². The highest BCUT2D eigenvalue weighted by molar-refractivity contribution is 5.54. The Balaban J connectivity index is 1.71. The molecule has 0 radical (unpaired) electrons. The SMILES string of the molecule is COc1cc(CN2CCN(c3ccc(F)cc3)CC2)c([N+](=O)[O-])cc1OC. The smallest absolute Gasteiger partial charge is 0.277 e. The Morgan fingerprint density at radius 3 is 2.19 bits per heavy atom. The molecule has 8 heteroatoms. The van der Waals surface area contributed by atoms with Gasteiger partial charge in [0.25, 0.3) is 5.69 Å². The van der Waals surface area contributed by atoms with Gasteiger partial charge in [-0.1, -0.05) is 0 Å². The Hall–Kier alpha value is -2.87. The van der Waals surface area contributed by atoms with Crippen LogP contribution in [0.5, 0.6) is 11.5 Å². The lowest BCUT2D eigenvalue weighted by Gasteiger charge is -2.36. The summed E-state index contributed by atoms with van der Waals surface area (Å²) >= 11 is 0. The summed E-state index contributed by atoms with van der Waals surface area (Å²) < 4.78 is 23.5. The van der Waals surface area contributed by atoms with Gasteiger partial charge in [-0.2, -0.15) is 0 Å². The maximum absolute atomic E-state index is 13.1. The number of nitro groups is 1. The van der Waals surface area contributed by atoms with Crippen LogP contribution >= 0.6 is 0 Å². The second-order valence-electron chi connectivity index (χ2n) is 6.33. The molecule has 1 aliphatic rings. The largest absolute Gasteiger partial charge is 0.493 e. The molecular weight excluding hydrogens is 353 g/mol. The van der Waals surface area contributed by atoms with Crippen molar-refractivity contribution in [3.8, 4) is 11.5 Å². The second-order valence-corrected chi connectivity index (χ2v) is 6.33. The monoisotopic (exact) mass is 375 g/mol. The third-order valence-electron chi connectivity index (χ3n) is 4.74. The number of nitro benzene ring substituents is 1. The quantitative estimate of drug-likeness (QED) is 0.571. The fourth-order valence-corrected chi connectivity index (χ4v) is 3.26. The van der Waals surface area contributed by atoms with Crippen LogP contribution < -0.4 is 14.4 Å². The number of halogens is 1. The van der Waals surface area contributed by atoms with Crippen LogP contribution in [0.15, 0.2) is 36.4 Å². The first kappa shape index (κ1) is 18.9. The van der Waals surface area contributed by atoms with Gasteiger partial charge in [-0.25, -0.2) is 4.39 Å². The number of methoxy groups -OCH3 is 2. The lowest BCUT2D eigenvalue weighted by atomic mass is 10.1. The standard InChI is InChI=1S/C19H22FN3O4/c1-26-18-11-14(17(23(24)25)12-19(18)27-2)13-21-7-9-22(10-8-21)16-5-3-15(20)4-6-16/h3-6,11-12H,7-10,13H2,1-2H3. The third kappa shape index (κ3) is 4.28. The predicted octanol–water partition coefficient (Wildman–Crippen LogP) is 3.07. The van der Waals surface area contributed by atoms with E-state index in [4.69, 9.17) is 9.47 Å². The zero-order valence-electron chi connectivity index (χ0n) is 15.4. The van der Waals surface area contributed by atoms with Gasteiger partial charge < -0.3 is 14.4 Å². The van der Waals surface area contributed by atoms with Gasteiger partial charge in [0.15, 0.2) is 11.5 Å². The van der Waals surface area contributed by atoms with Crippen molar-refractivity contribution in [2.75, 3.05) is 45.3 Å². The van der Waals surface area contributed by atoms with E-state index in [0.717, 1.165) is 31.9 Å². The summed E-state index contributed by atoms with van der Waals surface area (Å²) in [6, 6.07) is 9.52. The van der Waals surface area contributed by atoms with E-state index in [-0.39, 0.29) is 11.5 Å². The van der Waals surface area contributed by atoms with Crippen LogP contribution in [0.1, 0.15) is 5.56 Å². The molecular formula is C19H22FN3O4. The number of ether oxygens (including phenoxy) is 2. The van der Waals surface area contributed by atoms with Crippen LogP contribution in [-0.2, 0) is 6.54 Å². The van der Waals surface area contributed by atoms with Gasteiger partial charge in [-0.3, -0.25) is 15.0 Å². The first-order chi connectivity index (χ1) is 13.0. The maximum Gasteiger partial charge on any atom is 0.277 e. The molecule has 7 nitrogen and oxygen atoms in total. The van der Waals surface area contributed by atoms with Gasteiger partial charge in [0.1, 0.15) is 5.82 Å². The molecule has 0 bridgehead atoms. The highest BCUT2D eigenvalue weighted by atomic mass is 19.1. The number of nitrogens with zero attached hydrogens (tertiary/aromatic N) is 3. The molecule has 0 spiro atoms. The van der Waals surface area contributed by atoms with E-state index in [1.807, 2.05) is 0 Å². The van der Waals surface area contributed by atoms with Crippen LogP contribution in [0.25, 0.3) is 0 Å². The molecule has 0 N–H and O–H groups in total. The first-order valence-corrected chi connectivity index (χ1v) is 8.64. The molecule has 0 saturated carbocycles. The summed E-state index contributed by atoms with van der Waals surface area (Å²) in [4.78, 5) is 15.4. The van der Waals surface area contributed by atoms with Crippen LogP contribution in [0.4, 0.5) is 15.8 Å². The minimum atomic E-state index is -0.397. The van der Waals surface area contributed by atoms with Crippen LogP contribution in [0.3, 0.4) is 0 Å². The Kier molecular flexibility index (Phi) is 5.75. The van der Waals surface area contributed by atoms with Crippen molar-refractivity contribution in [2.45, 2.75) is 6.54 Å². The first-order valence-electron chi connectivity index (χ1n) is 8.64. The summed E-state index contributed by atoms with van der Waals surface area (Å²) in [6.07, 6.45) is 0. The van der Waals surface area contributed by atoms with E-state index in [9.17, 15) is 14.5 Å². The molecule has 144 valence electrons. The molecule has 0 amide bonds. The van der Waals surface area contributed by atoms with Crippen molar-refractivity contribution in [1.29, 1.82) is 0 Å². The summed E-state index contributed by atoms with van der Waals surface area (Å²) in [5.41, 5.74) is 1.59. The minimum absolute atomic E-state index is 0.0219. The summed E-state index contributed by atoms with van der Waals surface area (Å²) in [5, 5.41) is 11.4. The molecule has 1 fully saturated rings.